The van der Waals surface area contributed by atoms with Crippen LogP contribution in [0.4, 0.5) is 5.69 Å². The Kier molecular flexibility index (Phi) is 3.67. The summed E-state index contributed by atoms with van der Waals surface area (Å²) in [5.41, 5.74) is 3.29. The van der Waals surface area contributed by atoms with E-state index in [0.717, 1.165) is 28.7 Å². The third kappa shape index (κ3) is 2.58. The van der Waals surface area contributed by atoms with Crippen molar-refractivity contribution in [3.05, 3.63) is 52.8 Å². The van der Waals surface area contributed by atoms with E-state index in [1.54, 1.807) is 6.20 Å². The van der Waals surface area contributed by atoms with Crippen molar-refractivity contribution < 1.29 is 0 Å². The Morgan fingerprint density at radius 2 is 2.21 bits per heavy atom. The fourth-order valence-electron chi connectivity index (χ4n) is 2.32. The van der Waals surface area contributed by atoms with E-state index in [0.29, 0.717) is 5.92 Å². The number of fused-ring (bicyclic) bond motifs is 1. The van der Waals surface area contributed by atoms with E-state index < -0.39 is 0 Å². The zero-order chi connectivity index (χ0) is 13.2. The first-order chi connectivity index (χ1) is 9.25. The lowest BCUT2D eigenvalue weighted by Gasteiger charge is -2.14. The van der Waals surface area contributed by atoms with Crippen LogP contribution < -0.4 is 5.32 Å². The maximum atomic E-state index is 6.25. The van der Waals surface area contributed by atoms with Gasteiger partial charge in [-0.15, -0.1) is 11.8 Å². The first kappa shape index (κ1) is 12.8. The summed E-state index contributed by atoms with van der Waals surface area (Å²) in [5.74, 6) is 1.68. The predicted octanol–water partition coefficient (Wildman–Crippen LogP) is 4.34. The number of nitrogens with zero attached hydrogens (tertiary/aromatic N) is 1. The van der Waals surface area contributed by atoms with Gasteiger partial charge in [0.05, 0.1) is 16.4 Å². The molecule has 0 radical (unpaired) electrons. The van der Waals surface area contributed by atoms with Gasteiger partial charge in [-0.3, -0.25) is 4.98 Å². The van der Waals surface area contributed by atoms with E-state index in [2.05, 4.69) is 34.6 Å². The molecule has 1 aliphatic heterocycles. The number of nitrogens with one attached hydrogen (secondary N) is 1. The van der Waals surface area contributed by atoms with Crippen LogP contribution in [0.15, 0.2) is 41.4 Å². The minimum Gasteiger partial charge on any atom is -0.383 e. The summed E-state index contributed by atoms with van der Waals surface area (Å²) in [5, 5.41) is 4.17. The minimum absolute atomic E-state index is 0.547. The van der Waals surface area contributed by atoms with Gasteiger partial charge < -0.3 is 5.32 Å². The fourth-order valence-corrected chi connectivity index (χ4v) is 3.75. The van der Waals surface area contributed by atoms with Crippen molar-refractivity contribution in [1.29, 1.82) is 0 Å². The maximum Gasteiger partial charge on any atom is 0.0849 e. The van der Waals surface area contributed by atoms with Crippen molar-refractivity contribution in [3.63, 3.8) is 0 Å². The van der Waals surface area contributed by atoms with Gasteiger partial charge in [0.25, 0.3) is 0 Å². The molecule has 0 saturated carbocycles. The van der Waals surface area contributed by atoms with Gasteiger partial charge in [-0.05, 0) is 24.6 Å². The zero-order valence-corrected chi connectivity index (χ0v) is 12.3. The molecule has 0 saturated heterocycles. The van der Waals surface area contributed by atoms with Crippen LogP contribution in [-0.4, -0.2) is 17.3 Å². The second-order valence-corrected chi connectivity index (χ2v) is 6.12. The van der Waals surface area contributed by atoms with Crippen molar-refractivity contribution in [1.82, 2.24) is 4.98 Å². The lowest BCUT2D eigenvalue weighted by molar-refractivity contribution is 0.818. The largest absolute Gasteiger partial charge is 0.383 e. The lowest BCUT2D eigenvalue weighted by Crippen LogP contribution is -2.12. The molecule has 0 fully saturated rings. The van der Waals surface area contributed by atoms with E-state index in [1.807, 2.05) is 24.8 Å². The Bertz CT molecular complexity index is 600. The molecule has 1 unspecified atom stereocenters. The molecule has 1 aromatic heterocycles. The van der Waals surface area contributed by atoms with Crippen LogP contribution in [0.1, 0.15) is 17.2 Å². The number of benzene rings is 1. The van der Waals surface area contributed by atoms with Crippen LogP contribution in [0.25, 0.3) is 0 Å². The Hall–Kier alpha value is -1.19. The van der Waals surface area contributed by atoms with Crippen molar-refractivity contribution in [2.45, 2.75) is 17.7 Å². The van der Waals surface area contributed by atoms with Gasteiger partial charge in [-0.1, -0.05) is 29.8 Å². The summed E-state index contributed by atoms with van der Waals surface area (Å²) in [4.78, 5) is 5.59. The van der Waals surface area contributed by atoms with E-state index in [9.17, 15) is 0 Å². The molecule has 0 amide bonds. The Labute approximate surface area is 122 Å². The summed E-state index contributed by atoms with van der Waals surface area (Å²) >= 11 is 8.18. The van der Waals surface area contributed by atoms with Crippen molar-refractivity contribution in [2.24, 2.45) is 0 Å². The number of pyridine rings is 1. The normalized spacial score (nSPS) is 17.3. The van der Waals surface area contributed by atoms with Gasteiger partial charge >= 0.3 is 0 Å². The Balaban J connectivity index is 1.73. The highest BCUT2D eigenvalue weighted by atomic mass is 35.5. The number of hydrogen-bond donors (Lipinski definition) is 1. The van der Waals surface area contributed by atoms with Crippen molar-refractivity contribution in [2.75, 3.05) is 17.6 Å². The first-order valence-corrected chi connectivity index (χ1v) is 7.69. The molecule has 2 nitrogen and oxygen atoms in total. The Morgan fingerprint density at radius 1 is 1.37 bits per heavy atom. The van der Waals surface area contributed by atoms with Crippen LogP contribution in [-0.2, 0) is 0 Å². The number of halogens is 1. The summed E-state index contributed by atoms with van der Waals surface area (Å²) in [7, 11) is 0. The van der Waals surface area contributed by atoms with Gasteiger partial charge in [0, 0.05) is 29.3 Å². The summed E-state index contributed by atoms with van der Waals surface area (Å²) in [6, 6.07) is 10.6. The molecule has 2 heterocycles. The third-order valence-electron chi connectivity index (χ3n) is 3.40. The highest BCUT2D eigenvalue weighted by Crippen LogP contribution is 2.39. The van der Waals surface area contributed by atoms with Gasteiger partial charge in [-0.25, -0.2) is 0 Å². The number of anilines is 1. The molecule has 1 aliphatic rings. The number of aryl methyl sites for hydroxylation is 1. The quantitative estimate of drug-likeness (QED) is 0.910. The number of thioether (sulfide) groups is 1. The van der Waals surface area contributed by atoms with Crippen LogP contribution in [0.5, 0.6) is 0 Å². The van der Waals surface area contributed by atoms with Crippen molar-refractivity contribution in [3.8, 4) is 0 Å². The smallest absolute Gasteiger partial charge is 0.0849 e. The zero-order valence-electron chi connectivity index (χ0n) is 10.7. The summed E-state index contributed by atoms with van der Waals surface area (Å²) in [6.07, 6.45) is 1.79. The molecule has 98 valence electrons. The van der Waals surface area contributed by atoms with E-state index in [4.69, 9.17) is 11.6 Å². The molecule has 19 heavy (non-hydrogen) atoms. The molecular weight excluding hydrogens is 276 g/mol. The fraction of sp³-hybridized carbons (Fsp3) is 0.267. The monoisotopic (exact) mass is 290 g/mol. The van der Waals surface area contributed by atoms with E-state index >= 15 is 0 Å². The van der Waals surface area contributed by atoms with Crippen LogP contribution in [0, 0.1) is 6.92 Å². The van der Waals surface area contributed by atoms with Gasteiger partial charge in [-0.2, -0.15) is 0 Å². The molecule has 1 N–H and O–H groups in total. The van der Waals surface area contributed by atoms with Gasteiger partial charge in [0.1, 0.15) is 0 Å². The first-order valence-electron chi connectivity index (χ1n) is 6.32. The molecule has 3 rings (SSSR count). The molecule has 4 heteroatoms. The maximum absolute atomic E-state index is 6.25. The molecule has 1 aromatic carbocycles. The molecule has 0 bridgehead atoms. The van der Waals surface area contributed by atoms with Crippen LogP contribution >= 0.6 is 23.4 Å². The third-order valence-corrected chi connectivity index (χ3v) is 5.13. The van der Waals surface area contributed by atoms with Crippen LogP contribution in [0.2, 0.25) is 5.02 Å². The Morgan fingerprint density at radius 3 is 3.11 bits per heavy atom. The van der Waals surface area contributed by atoms with Gasteiger partial charge in [0.15, 0.2) is 0 Å². The SMILES string of the molecule is Cc1nccc(NCC2CSc3ccccc32)c1Cl. The van der Waals surface area contributed by atoms with Crippen molar-refractivity contribution >= 4 is 29.1 Å². The second-order valence-electron chi connectivity index (χ2n) is 4.68. The topological polar surface area (TPSA) is 24.9 Å². The average Bonchev–Trinajstić information content (AvgIpc) is 2.84. The predicted molar refractivity (Wildman–Crippen MR) is 82.4 cm³/mol. The summed E-state index contributed by atoms with van der Waals surface area (Å²) < 4.78 is 0. The number of hydrogen-bond acceptors (Lipinski definition) is 3. The number of aromatic nitrogens is 1. The van der Waals surface area contributed by atoms with E-state index in [1.165, 1.54) is 10.5 Å². The molecule has 2 aromatic rings. The van der Waals surface area contributed by atoms with Gasteiger partial charge in [0.2, 0.25) is 0 Å². The molecule has 0 spiro atoms. The average molecular weight is 291 g/mol. The molecular formula is C15H15ClN2S. The highest BCUT2D eigenvalue weighted by Gasteiger charge is 2.22. The summed E-state index contributed by atoms with van der Waals surface area (Å²) in [6.45, 7) is 2.83. The van der Waals surface area contributed by atoms with Crippen LogP contribution in [0.3, 0.4) is 0 Å². The standard InChI is InChI=1S/C15H15ClN2S/c1-10-15(16)13(6-7-17-10)18-8-11-9-19-14-5-3-2-4-12(11)14/h2-7,11H,8-9H2,1H3,(H,17,18). The minimum atomic E-state index is 0.547. The lowest BCUT2D eigenvalue weighted by atomic mass is 10.0. The number of rotatable bonds is 3. The van der Waals surface area contributed by atoms with E-state index in [-0.39, 0.29) is 0 Å². The highest BCUT2D eigenvalue weighted by molar-refractivity contribution is 7.99. The molecule has 1 atom stereocenters. The molecule has 0 aliphatic carbocycles. The second kappa shape index (κ2) is 5.43.